The van der Waals surface area contributed by atoms with Crippen molar-refractivity contribution in [1.29, 1.82) is 0 Å². The van der Waals surface area contributed by atoms with E-state index in [1.165, 1.54) is 0 Å². The fourth-order valence-electron chi connectivity index (χ4n) is 2.84. The zero-order valence-electron chi connectivity index (χ0n) is 14.4. The third-order valence-corrected chi connectivity index (χ3v) is 4.20. The van der Waals surface area contributed by atoms with Crippen molar-refractivity contribution in [3.8, 4) is 5.75 Å². The average molecular weight is 337 g/mol. The molecule has 0 spiro atoms. The van der Waals surface area contributed by atoms with Crippen LogP contribution in [0.5, 0.6) is 5.75 Å². The first-order valence-electron chi connectivity index (χ1n) is 8.56. The van der Waals surface area contributed by atoms with E-state index in [9.17, 15) is 4.79 Å². The van der Waals surface area contributed by atoms with E-state index in [2.05, 4.69) is 20.9 Å². The summed E-state index contributed by atoms with van der Waals surface area (Å²) in [5.41, 5.74) is 3.25. The van der Waals surface area contributed by atoms with Crippen molar-refractivity contribution in [3.05, 3.63) is 60.4 Å². The van der Waals surface area contributed by atoms with Gasteiger partial charge in [-0.2, -0.15) is 0 Å². The van der Waals surface area contributed by atoms with Crippen LogP contribution in [0.1, 0.15) is 18.4 Å². The zero-order valence-corrected chi connectivity index (χ0v) is 14.4. The predicted molar refractivity (Wildman–Crippen MR) is 98.7 cm³/mol. The number of hydrogen-bond donors (Lipinski definition) is 1. The van der Waals surface area contributed by atoms with Crippen LogP contribution in [-0.2, 0) is 17.8 Å². The molecule has 2 aromatic carbocycles. The number of nitrogens with zero attached hydrogens (tertiary/aromatic N) is 2. The van der Waals surface area contributed by atoms with Crippen LogP contribution in [0.25, 0.3) is 11.0 Å². The number of ether oxygens (including phenoxy) is 1. The van der Waals surface area contributed by atoms with Gasteiger partial charge in [-0.15, -0.1) is 0 Å². The first kappa shape index (κ1) is 17.0. The van der Waals surface area contributed by atoms with Crippen molar-refractivity contribution in [3.63, 3.8) is 0 Å². The Labute approximate surface area is 147 Å². The number of carbonyl (C=O) groups is 1. The lowest BCUT2D eigenvalue weighted by Gasteiger charge is -2.07. The number of hydrogen-bond acceptors (Lipinski definition) is 3. The van der Waals surface area contributed by atoms with Gasteiger partial charge < -0.3 is 14.6 Å². The van der Waals surface area contributed by atoms with Crippen LogP contribution >= 0.6 is 0 Å². The van der Waals surface area contributed by atoms with Gasteiger partial charge in [-0.1, -0.05) is 24.3 Å². The van der Waals surface area contributed by atoms with Crippen LogP contribution in [-0.4, -0.2) is 29.1 Å². The lowest BCUT2D eigenvalue weighted by molar-refractivity contribution is -0.121. The molecule has 0 saturated carbocycles. The van der Waals surface area contributed by atoms with Gasteiger partial charge in [0.25, 0.3) is 0 Å². The fraction of sp³-hybridized carbons (Fsp3) is 0.300. The van der Waals surface area contributed by atoms with Crippen LogP contribution < -0.4 is 10.1 Å². The number of nitrogens with one attached hydrogen (secondary N) is 1. The molecule has 0 unspecified atom stereocenters. The maximum atomic E-state index is 12.0. The van der Waals surface area contributed by atoms with E-state index < -0.39 is 0 Å². The Morgan fingerprint density at radius 2 is 2.08 bits per heavy atom. The monoisotopic (exact) mass is 337 g/mol. The van der Waals surface area contributed by atoms with Crippen molar-refractivity contribution in [2.45, 2.75) is 25.8 Å². The maximum Gasteiger partial charge on any atom is 0.220 e. The number of methoxy groups -OCH3 is 1. The minimum Gasteiger partial charge on any atom is -0.497 e. The highest BCUT2D eigenvalue weighted by molar-refractivity contribution is 5.76. The van der Waals surface area contributed by atoms with E-state index in [4.69, 9.17) is 4.74 Å². The molecule has 0 aliphatic heterocycles. The molecular formula is C20H23N3O2. The summed E-state index contributed by atoms with van der Waals surface area (Å²) in [6, 6.07) is 15.9. The lowest BCUT2D eigenvalue weighted by Crippen LogP contribution is -2.25. The summed E-state index contributed by atoms with van der Waals surface area (Å²) in [5.74, 6) is 0.906. The van der Waals surface area contributed by atoms with Gasteiger partial charge in [0.2, 0.25) is 5.91 Å². The lowest BCUT2D eigenvalue weighted by atomic mass is 10.1. The Morgan fingerprint density at radius 1 is 1.20 bits per heavy atom. The summed E-state index contributed by atoms with van der Waals surface area (Å²) in [7, 11) is 1.65. The highest BCUT2D eigenvalue weighted by Crippen LogP contribution is 2.14. The number of para-hydroxylation sites is 2. The number of rotatable bonds is 8. The van der Waals surface area contributed by atoms with Crippen LogP contribution in [0.3, 0.4) is 0 Å². The van der Waals surface area contributed by atoms with Crippen LogP contribution in [0.4, 0.5) is 0 Å². The second kappa shape index (κ2) is 8.33. The van der Waals surface area contributed by atoms with Crippen LogP contribution in [0.15, 0.2) is 54.9 Å². The summed E-state index contributed by atoms with van der Waals surface area (Å²) >= 11 is 0. The second-order valence-corrected chi connectivity index (χ2v) is 5.98. The zero-order chi connectivity index (χ0) is 17.5. The summed E-state index contributed by atoms with van der Waals surface area (Å²) in [4.78, 5) is 16.4. The summed E-state index contributed by atoms with van der Waals surface area (Å²) in [5, 5.41) is 2.99. The van der Waals surface area contributed by atoms with Crippen molar-refractivity contribution < 1.29 is 9.53 Å². The van der Waals surface area contributed by atoms with E-state index in [0.717, 1.165) is 41.7 Å². The summed E-state index contributed by atoms with van der Waals surface area (Å²) in [6.45, 7) is 1.51. The van der Waals surface area contributed by atoms with E-state index in [1.807, 2.05) is 48.8 Å². The fourth-order valence-corrected chi connectivity index (χ4v) is 2.84. The first-order valence-corrected chi connectivity index (χ1v) is 8.56. The first-order chi connectivity index (χ1) is 12.3. The van der Waals surface area contributed by atoms with Gasteiger partial charge in [-0.3, -0.25) is 4.79 Å². The molecule has 1 N–H and O–H groups in total. The van der Waals surface area contributed by atoms with E-state index >= 15 is 0 Å². The quantitative estimate of drug-likeness (QED) is 0.642. The van der Waals surface area contributed by atoms with Gasteiger partial charge in [-0.05, 0) is 42.7 Å². The Kier molecular flexibility index (Phi) is 5.67. The molecule has 1 aromatic heterocycles. The number of aromatic nitrogens is 2. The molecule has 3 rings (SSSR count). The standard InChI is InChI=1S/C20H23N3O2/c1-25-17-7-4-6-16(14-17)10-11-20(24)21-12-5-13-23-15-22-18-8-2-3-9-19(18)23/h2-4,6-9,14-15H,5,10-13H2,1H3,(H,21,24). The Hall–Kier alpha value is -2.82. The highest BCUT2D eigenvalue weighted by Gasteiger charge is 2.04. The van der Waals surface area contributed by atoms with Gasteiger partial charge in [0.1, 0.15) is 5.75 Å². The van der Waals surface area contributed by atoms with E-state index in [-0.39, 0.29) is 5.91 Å². The molecule has 0 fully saturated rings. The molecule has 0 bridgehead atoms. The number of aryl methyl sites for hydroxylation is 2. The molecule has 5 heteroatoms. The molecule has 0 saturated heterocycles. The molecule has 1 amide bonds. The molecular weight excluding hydrogens is 314 g/mol. The van der Waals surface area contributed by atoms with Crippen LogP contribution in [0.2, 0.25) is 0 Å². The molecule has 5 nitrogen and oxygen atoms in total. The molecule has 1 heterocycles. The smallest absolute Gasteiger partial charge is 0.220 e. The summed E-state index contributed by atoms with van der Waals surface area (Å²) < 4.78 is 7.32. The third-order valence-electron chi connectivity index (χ3n) is 4.20. The van der Waals surface area contributed by atoms with E-state index in [1.54, 1.807) is 7.11 Å². The minimum absolute atomic E-state index is 0.0818. The molecule has 0 aliphatic rings. The summed E-state index contributed by atoms with van der Waals surface area (Å²) in [6.07, 6.45) is 3.94. The van der Waals surface area contributed by atoms with Gasteiger partial charge in [0.05, 0.1) is 24.5 Å². The molecule has 0 radical (unpaired) electrons. The minimum atomic E-state index is 0.0818. The average Bonchev–Trinajstić information content (AvgIpc) is 3.07. The third kappa shape index (κ3) is 4.59. The number of benzene rings is 2. The predicted octanol–water partition coefficient (Wildman–Crippen LogP) is 3.18. The number of carbonyl (C=O) groups excluding carboxylic acids is 1. The largest absolute Gasteiger partial charge is 0.497 e. The molecule has 130 valence electrons. The second-order valence-electron chi connectivity index (χ2n) is 5.98. The van der Waals surface area contributed by atoms with Crippen molar-refractivity contribution in [2.24, 2.45) is 0 Å². The van der Waals surface area contributed by atoms with Crippen molar-refractivity contribution in [2.75, 3.05) is 13.7 Å². The topological polar surface area (TPSA) is 56.1 Å². The SMILES string of the molecule is COc1cccc(CCC(=O)NCCCn2cnc3ccccc32)c1. The molecule has 0 atom stereocenters. The van der Waals surface area contributed by atoms with Gasteiger partial charge >= 0.3 is 0 Å². The Morgan fingerprint density at radius 3 is 2.96 bits per heavy atom. The number of fused-ring (bicyclic) bond motifs is 1. The Bertz CT molecular complexity index is 842. The van der Waals surface area contributed by atoms with Crippen molar-refractivity contribution in [1.82, 2.24) is 14.9 Å². The molecule has 3 aromatic rings. The van der Waals surface area contributed by atoms with Gasteiger partial charge in [0.15, 0.2) is 0 Å². The maximum absolute atomic E-state index is 12.0. The normalized spacial score (nSPS) is 10.8. The Balaban J connectivity index is 1.39. The molecule has 25 heavy (non-hydrogen) atoms. The van der Waals surface area contributed by atoms with Gasteiger partial charge in [0, 0.05) is 19.5 Å². The molecule has 0 aliphatic carbocycles. The van der Waals surface area contributed by atoms with E-state index in [0.29, 0.717) is 13.0 Å². The van der Waals surface area contributed by atoms with Crippen LogP contribution in [0, 0.1) is 0 Å². The number of imidazole rings is 1. The van der Waals surface area contributed by atoms with Crippen molar-refractivity contribution >= 4 is 16.9 Å². The number of amides is 1. The van der Waals surface area contributed by atoms with Gasteiger partial charge in [-0.25, -0.2) is 4.98 Å². The highest BCUT2D eigenvalue weighted by atomic mass is 16.5.